The first kappa shape index (κ1) is 12.4. The fraction of sp³-hybridized carbons (Fsp3) is 0.0769. The molecule has 0 aliphatic rings. The van der Waals surface area contributed by atoms with Crippen LogP contribution in [0, 0.1) is 0 Å². The number of pyridine rings is 1. The standard InChI is InChI=1S/C13H11ClN2O2/c14-13-4-2-1-3-10(13)9-18-12-6-5-11(7-16-17)15-8-12/h1-8,17H,9H2/b16-7-. The van der Waals surface area contributed by atoms with E-state index in [-0.39, 0.29) is 0 Å². The van der Waals surface area contributed by atoms with E-state index < -0.39 is 0 Å². The Kier molecular flexibility index (Phi) is 4.15. The third kappa shape index (κ3) is 3.21. The lowest BCUT2D eigenvalue weighted by Gasteiger charge is -2.07. The molecule has 0 aliphatic heterocycles. The van der Waals surface area contributed by atoms with Crippen LogP contribution in [0.4, 0.5) is 0 Å². The topological polar surface area (TPSA) is 54.7 Å². The SMILES string of the molecule is O/N=C\c1ccc(OCc2ccccc2Cl)cn1. The summed E-state index contributed by atoms with van der Waals surface area (Å²) in [4.78, 5) is 4.04. The van der Waals surface area contributed by atoms with Crippen molar-refractivity contribution in [1.82, 2.24) is 4.98 Å². The maximum absolute atomic E-state index is 8.36. The predicted molar refractivity (Wildman–Crippen MR) is 69.4 cm³/mol. The number of hydrogen-bond acceptors (Lipinski definition) is 4. The van der Waals surface area contributed by atoms with E-state index in [1.54, 1.807) is 18.3 Å². The van der Waals surface area contributed by atoms with Gasteiger partial charge >= 0.3 is 0 Å². The Hall–Kier alpha value is -2.07. The number of halogens is 1. The van der Waals surface area contributed by atoms with E-state index in [0.29, 0.717) is 23.1 Å². The number of benzene rings is 1. The molecular formula is C13H11ClN2O2. The fourth-order valence-electron chi connectivity index (χ4n) is 1.39. The summed E-state index contributed by atoms with van der Waals surface area (Å²) >= 11 is 6.02. The number of ether oxygens (including phenoxy) is 1. The smallest absolute Gasteiger partial charge is 0.138 e. The van der Waals surface area contributed by atoms with Crippen molar-refractivity contribution < 1.29 is 9.94 Å². The van der Waals surface area contributed by atoms with Gasteiger partial charge in [-0.2, -0.15) is 0 Å². The maximum Gasteiger partial charge on any atom is 0.138 e. The zero-order valence-electron chi connectivity index (χ0n) is 9.45. The average molecular weight is 263 g/mol. The van der Waals surface area contributed by atoms with Crippen LogP contribution < -0.4 is 4.74 Å². The molecule has 5 heteroatoms. The van der Waals surface area contributed by atoms with Crippen molar-refractivity contribution in [3.63, 3.8) is 0 Å². The van der Waals surface area contributed by atoms with Gasteiger partial charge in [0.2, 0.25) is 0 Å². The molecule has 1 heterocycles. The molecule has 0 spiro atoms. The highest BCUT2D eigenvalue weighted by molar-refractivity contribution is 6.31. The van der Waals surface area contributed by atoms with Crippen LogP contribution in [0.3, 0.4) is 0 Å². The summed E-state index contributed by atoms with van der Waals surface area (Å²) in [6.45, 7) is 0.384. The number of nitrogens with zero attached hydrogens (tertiary/aromatic N) is 2. The van der Waals surface area contributed by atoms with Gasteiger partial charge in [0.25, 0.3) is 0 Å². The fourth-order valence-corrected chi connectivity index (χ4v) is 1.58. The first-order valence-electron chi connectivity index (χ1n) is 5.29. The van der Waals surface area contributed by atoms with Gasteiger partial charge in [-0.25, -0.2) is 0 Å². The summed E-state index contributed by atoms with van der Waals surface area (Å²) < 4.78 is 5.55. The highest BCUT2D eigenvalue weighted by atomic mass is 35.5. The van der Waals surface area contributed by atoms with Gasteiger partial charge in [-0.05, 0) is 18.2 Å². The van der Waals surface area contributed by atoms with E-state index in [1.807, 2.05) is 24.3 Å². The lowest BCUT2D eigenvalue weighted by Crippen LogP contribution is -1.97. The molecule has 0 aliphatic carbocycles. The van der Waals surface area contributed by atoms with Crippen molar-refractivity contribution in [2.45, 2.75) is 6.61 Å². The second-order valence-electron chi connectivity index (χ2n) is 3.54. The molecule has 0 atom stereocenters. The Bertz CT molecular complexity index is 541. The number of oxime groups is 1. The van der Waals surface area contributed by atoms with Crippen LogP contribution in [0.15, 0.2) is 47.8 Å². The van der Waals surface area contributed by atoms with Gasteiger partial charge in [-0.3, -0.25) is 4.98 Å². The van der Waals surface area contributed by atoms with Crippen LogP contribution in [0.2, 0.25) is 5.02 Å². The number of aromatic nitrogens is 1. The molecule has 1 aromatic carbocycles. The molecule has 92 valence electrons. The summed E-state index contributed by atoms with van der Waals surface area (Å²) in [5, 5.41) is 11.9. The highest BCUT2D eigenvalue weighted by Gasteiger charge is 2.00. The molecule has 4 nitrogen and oxygen atoms in total. The highest BCUT2D eigenvalue weighted by Crippen LogP contribution is 2.17. The largest absolute Gasteiger partial charge is 0.487 e. The zero-order chi connectivity index (χ0) is 12.8. The third-order valence-electron chi connectivity index (χ3n) is 2.30. The van der Waals surface area contributed by atoms with Gasteiger partial charge in [0, 0.05) is 10.6 Å². The third-order valence-corrected chi connectivity index (χ3v) is 2.67. The van der Waals surface area contributed by atoms with Crippen molar-refractivity contribution in [1.29, 1.82) is 0 Å². The minimum atomic E-state index is 0.384. The van der Waals surface area contributed by atoms with Crippen LogP contribution >= 0.6 is 11.6 Å². The van der Waals surface area contributed by atoms with Crippen LogP contribution in [-0.4, -0.2) is 16.4 Å². The average Bonchev–Trinajstić information content (AvgIpc) is 2.40. The maximum atomic E-state index is 8.36. The van der Waals surface area contributed by atoms with E-state index in [4.69, 9.17) is 21.5 Å². The van der Waals surface area contributed by atoms with Crippen LogP contribution in [0.1, 0.15) is 11.3 Å². The molecule has 2 aromatic rings. The Labute approximate surface area is 109 Å². The molecule has 0 fully saturated rings. The van der Waals surface area contributed by atoms with Gasteiger partial charge < -0.3 is 9.94 Å². The molecule has 0 saturated carbocycles. The van der Waals surface area contributed by atoms with E-state index in [1.165, 1.54) is 6.21 Å². The zero-order valence-corrected chi connectivity index (χ0v) is 10.2. The Morgan fingerprint density at radius 3 is 2.78 bits per heavy atom. The summed E-state index contributed by atoms with van der Waals surface area (Å²) in [6, 6.07) is 10.9. The minimum Gasteiger partial charge on any atom is -0.487 e. The van der Waals surface area contributed by atoms with Gasteiger partial charge in [0.05, 0.1) is 18.1 Å². The van der Waals surface area contributed by atoms with Gasteiger partial charge in [0.1, 0.15) is 12.4 Å². The minimum absolute atomic E-state index is 0.384. The second kappa shape index (κ2) is 6.02. The second-order valence-corrected chi connectivity index (χ2v) is 3.95. The molecule has 0 amide bonds. The Balaban J connectivity index is 2.00. The van der Waals surface area contributed by atoms with Crippen molar-refractivity contribution >= 4 is 17.8 Å². The van der Waals surface area contributed by atoms with Crippen molar-refractivity contribution in [3.05, 3.63) is 58.9 Å². The van der Waals surface area contributed by atoms with Crippen molar-refractivity contribution in [2.75, 3.05) is 0 Å². The lowest BCUT2D eigenvalue weighted by molar-refractivity contribution is 0.305. The summed E-state index contributed by atoms with van der Waals surface area (Å²) in [6.07, 6.45) is 2.81. The molecule has 1 aromatic heterocycles. The first-order valence-corrected chi connectivity index (χ1v) is 5.67. The van der Waals surface area contributed by atoms with Gasteiger partial charge in [-0.15, -0.1) is 0 Å². The normalized spacial score (nSPS) is 10.7. The molecule has 1 N–H and O–H groups in total. The summed E-state index contributed by atoms with van der Waals surface area (Å²) in [7, 11) is 0. The molecule has 0 radical (unpaired) electrons. The molecule has 18 heavy (non-hydrogen) atoms. The molecular weight excluding hydrogens is 252 g/mol. The Morgan fingerprint density at radius 1 is 1.28 bits per heavy atom. The van der Waals surface area contributed by atoms with Gasteiger partial charge in [0.15, 0.2) is 0 Å². The molecule has 0 bridgehead atoms. The van der Waals surface area contributed by atoms with E-state index in [2.05, 4.69) is 10.1 Å². The van der Waals surface area contributed by atoms with E-state index in [0.717, 1.165) is 5.56 Å². The number of rotatable bonds is 4. The first-order chi connectivity index (χ1) is 8.79. The van der Waals surface area contributed by atoms with E-state index >= 15 is 0 Å². The van der Waals surface area contributed by atoms with Crippen molar-refractivity contribution in [2.24, 2.45) is 5.16 Å². The molecule has 0 saturated heterocycles. The lowest BCUT2D eigenvalue weighted by atomic mass is 10.2. The van der Waals surface area contributed by atoms with Crippen LogP contribution in [0.25, 0.3) is 0 Å². The van der Waals surface area contributed by atoms with Crippen molar-refractivity contribution in [3.8, 4) is 5.75 Å². The molecule has 0 unspecified atom stereocenters. The van der Waals surface area contributed by atoms with Crippen LogP contribution in [-0.2, 0) is 6.61 Å². The summed E-state index contributed by atoms with van der Waals surface area (Å²) in [5.74, 6) is 0.630. The summed E-state index contributed by atoms with van der Waals surface area (Å²) in [5.41, 5.74) is 1.47. The Morgan fingerprint density at radius 2 is 2.11 bits per heavy atom. The van der Waals surface area contributed by atoms with Gasteiger partial charge in [-0.1, -0.05) is 35.0 Å². The van der Waals surface area contributed by atoms with Crippen LogP contribution in [0.5, 0.6) is 5.75 Å². The monoisotopic (exact) mass is 262 g/mol. The molecule has 2 rings (SSSR count). The van der Waals surface area contributed by atoms with E-state index in [9.17, 15) is 0 Å². The number of hydrogen-bond donors (Lipinski definition) is 1. The quantitative estimate of drug-likeness (QED) is 0.523. The predicted octanol–water partition coefficient (Wildman–Crippen LogP) is 3.12.